The summed E-state index contributed by atoms with van der Waals surface area (Å²) in [6, 6.07) is 10.2. The average Bonchev–Trinajstić information content (AvgIpc) is 2.27. The SMILES string of the molecule is Cc1cccc(CC(Cl)c2c(F)cc(Br)cc2F)c1. The van der Waals surface area contributed by atoms with Crippen molar-refractivity contribution >= 4 is 27.5 Å². The molecule has 2 rings (SSSR count). The highest BCUT2D eigenvalue weighted by molar-refractivity contribution is 9.10. The summed E-state index contributed by atoms with van der Waals surface area (Å²) in [7, 11) is 0. The van der Waals surface area contributed by atoms with Crippen molar-refractivity contribution in [2.24, 2.45) is 0 Å². The summed E-state index contributed by atoms with van der Waals surface area (Å²) in [4.78, 5) is 0. The van der Waals surface area contributed by atoms with Gasteiger partial charge in [0.2, 0.25) is 0 Å². The van der Waals surface area contributed by atoms with Gasteiger partial charge in [-0.3, -0.25) is 0 Å². The van der Waals surface area contributed by atoms with Gasteiger partial charge in [-0.05, 0) is 31.0 Å². The molecule has 100 valence electrons. The van der Waals surface area contributed by atoms with E-state index in [9.17, 15) is 8.78 Å². The van der Waals surface area contributed by atoms with Crippen molar-refractivity contribution in [3.63, 3.8) is 0 Å². The van der Waals surface area contributed by atoms with Gasteiger partial charge in [0, 0.05) is 10.0 Å². The summed E-state index contributed by atoms with van der Waals surface area (Å²) in [6.45, 7) is 1.97. The number of hydrogen-bond acceptors (Lipinski definition) is 0. The fraction of sp³-hybridized carbons (Fsp3) is 0.200. The van der Waals surface area contributed by atoms with Gasteiger partial charge in [-0.1, -0.05) is 45.8 Å². The van der Waals surface area contributed by atoms with Gasteiger partial charge in [-0.15, -0.1) is 11.6 Å². The Labute approximate surface area is 124 Å². The van der Waals surface area contributed by atoms with E-state index in [2.05, 4.69) is 15.9 Å². The number of hydrogen-bond donors (Lipinski definition) is 0. The molecule has 1 unspecified atom stereocenters. The molecule has 0 saturated carbocycles. The molecule has 0 nitrogen and oxygen atoms in total. The fourth-order valence-electron chi connectivity index (χ4n) is 2.00. The van der Waals surface area contributed by atoms with Gasteiger partial charge in [0.25, 0.3) is 0 Å². The topological polar surface area (TPSA) is 0 Å². The molecule has 0 aliphatic rings. The second-order valence-electron chi connectivity index (χ2n) is 4.44. The van der Waals surface area contributed by atoms with Gasteiger partial charge in [0.05, 0.1) is 5.38 Å². The fourth-order valence-corrected chi connectivity index (χ4v) is 2.79. The summed E-state index contributed by atoms with van der Waals surface area (Å²) in [5.74, 6) is -1.25. The molecule has 2 aromatic rings. The molecular formula is C15H12BrClF2. The van der Waals surface area contributed by atoms with Gasteiger partial charge in [0.1, 0.15) is 11.6 Å². The normalized spacial score (nSPS) is 12.5. The van der Waals surface area contributed by atoms with Crippen LogP contribution in [0.15, 0.2) is 40.9 Å². The van der Waals surface area contributed by atoms with Crippen molar-refractivity contribution in [1.82, 2.24) is 0 Å². The van der Waals surface area contributed by atoms with E-state index in [0.717, 1.165) is 11.1 Å². The third kappa shape index (κ3) is 3.54. The molecule has 19 heavy (non-hydrogen) atoms. The zero-order chi connectivity index (χ0) is 14.0. The third-order valence-electron chi connectivity index (χ3n) is 2.85. The summed E-state index contributed by atoms with van der Waals surface area (Å²) < 4.78 is 27.9. The zero-order valence-corrected chi connectivity index (χ0v) is 12.6. The molecule has 0 bridgehead atoms. The van der Waals surface area contributed by atoms with E-state index in [-0.39, 0.29) is 5.56 Å². The third-order valence-corrected chi connectivity index (χ3v) is 3.68. The van der Waals surface area contributed by atoms with Crippen LogP contribution < -0.4 is 0 Å². The smallest absolute Gasteiger partial charge is 0.131 e. The molecular weight excluding hydrogens is 334 g/mol. The van der Waals surface area contributed by atoms with Crippen molar-refractivity contribution in [1.29, 1.82) is 0 Å². The quantitative estimate of drug-likeness (QED) is 0.639. The van der Waals surface area contributed by atoms with E-state index in [0.29, 0.717) is 10.9 Å². The Morgan fingerprint density at radius 2 is 1.79 bits per heavy atom. The van der Waals surface area contributed by atoms with Crippen LogP contribution in [0.5, 0.6) is 0 Å². The summed E-state index contributed by atoms with van der Waals surface area (Å²) in [5, 5.41) is -0.727. The molecule has 0 N–H and O–H groups in total. The minimum atomic E-state index is -0.727. The van der Waals surface area contributed by atoms with E-state index in [1.807, 2.05) is 31.2 Å². The number of rotatable bonds is 3. The van der Waals surface area contributed by atoms with E-state index < -0.39 is 17.0 Å². The average molecular weight is 346 g/mol. The molecule has 0 aromatic heterocycles. The second-order valence-corrected chi connectivity index (χ2v) is 5.89. The predicted molar refractivity (Wildman–Crippen MR) is 77.5 cm³/mol. The van der Waals surface area contributed by atoms with Crippen LogP contribution in [0.25, 0.3) is 0 Å². The first-order valence-electron chi connectivity index (χ1n) is 5.81. The number of alkyl halides is 1. The van der Waals surface area contributed by atoms with Crippen molar-refractivity contribution < 1.29 is 8.78 Å². The summed E-state index contributed by atoms with van der Waals surface area (Å²) in [5.41, 5.74) is 1.98. The molecule has 1 atom stereocenters. The number of halogens is 4. The van der Waals surface area contributed by atoms with Gasteiger partial charge >= 0.3 is 0 Å². The van der Waals surface area contributed by atoms with Gasteiger partial charge < -0.3 is 0 Å². The predicted octanol–water partition coefficient (Wildman–Crippen LogP) is 5.56. The highest BCUT2D eigenvalue weighted by Crippen LogP contribution is 2.31. The Kier molecular flexibility index (Phi) is 4.58. The standard InChI is InChI=1S/C15H12BrClF2/c1-9-3-2-4-10(5-9)6-12(17)15-13(18)7-11(16)8-14(15)19/h2-5,7-8,12H,6H2,1H3. The van der Waals surface area contributed by atoms with Crippen LogP contribution in [0.4, 0.5) is 8.78 Å². The maximum absolute atomic E-state index is 13.8. The molecule has 0 aliphatic heterocycles. The minimum Gasteiger partial charge on any atom is -0.206 e. The van der Waals surface area contributed by atoms with Crippen LogP contribution in [-0.4, -0.2) is 0 Å². The molecule has 0 fully saturated rings. The second kappa shape index (κ2) is 6.02. The van der Waals surface area contributed by atoms with Crippen LogP contribution in [0.1, 0.15) is 22.1 Å². The molecule has 0 radical (unpaired) electrons. The molecule has 2 aromatic carbocycles. The maximum Gasteiger partial charge on any atom is 0.131 e. The van der Waals surface area contributed by atoms with Gasteiger partial charge in [-0.2, -0.15) is 0 Å². The molecule has 0 aliphatic carbocycles. The largest absolute Gasteiger partial charge is 0.206 e. The Bertz CT molecular complexity index is 575. The highest BCUT2D eigenvalue weighted by Gasteiger charge is 2.19. The molecule has 0 spiro atoms. The van der Waals surface area contributed by atoms with Gasteiger partial charge in [-0.25, -0.2) is 8.78 Å². The van der Waals surface area contributed by atoms with E-state index in [1.165, 1.54) is 12.1 Å². The lowest BCUT2D eigenvalue weighted by Crippen LogP contribution is -2.03. The van der Waals surface area contributed by atoms with E-state index in [1.54, 1.807) is 0 Å². The first kappa shape index (κ1) is 14.5. The summed E-state index contributed by atoms with van der Waals surface area (Å²) in [6.07, 6.45) is 0.388. The lowest BCUT2D eigenvalue weighted by atomic mass is 10.0. The van der Waals surface area contributed by atoms with Crippen LogP contribution in [0, 0.1) is 18.6 Å². The van der Waals surface area contributed by atoms with Crippen LogP contribution in [0.3, 0.4) is 0 Å². The van der Waals surface area contributed by atoms with Gasteiger partial charge in [0.15, 0.2) is 0 Å². The Morgan fingerprint density at radius 1 is 1.16 bits per heavy atom. The Balaban J connectivity index is 2.28. The Morgan fingerprint density at radius 3 is 2.37 bits per heavy atom. The maximum atomic E-state index is 13.8. The first-order chi connectivity index (χ1) is 8.97. The van der Waals surface area contributed by atoms with Crippen LogP contribution in [-0.2, 0) is 6.42 Å². The Hall–Kier alpha value is -0.930. The van der Waals surface area contributed by atoms with Crippen molar-refractivity contribution in [2.75, 3.05) is 0 Å². The van der Waals surface area contributed by atoms with Crippen molar-refractivity contribution in [2.45, 2.75) is 18.7 Å². The summed E-state index contributed by atoms with van der Waals surface area (Å²) >= 11 is 9.21. The monoisotopic (exact) mass is 344 g/mol. The minimum absolute atomic E-state index is 0.0774. The van der Waals surface area contributed by atoms with Crippen LogP contribution in [0.2, 0.25) is 0 Å². The lowest BCUT2D eigenvalue weighted by Gasteiger charge is -2.13. The van der Waals surface area contributed by atoms with E-state index >= 15 is 0 Å². The van der Waals surface area contributed by atoms with Crippen molar-refractivity contribution in [3.05, 3.63) is 69.2 Å². The zero-order valence-electron chi connectivity index (χ0n) is 10.3. The highest BCUT2D eigenvalue weighted by atomic mass is 79.9. The molecule has 0 amide bonds. The number of benzene rings is 2. The molecule has 0 saturated heterocycles. The number of aryl methyl sites for hydroxylation is 1. The molecule has 0 heterocycles. The lowest BCUT2D eigenvalue weighted by molar-refractivity contribution is 0.549. The van der Waals surface area contributed by atoms with Crippen molar-refractivity contribution in [3.8, 4) is 0 Å². The first-order valence-corrected chi connectivity index (χ1v) is 7.04. The van der Waals surface area contributed by atoms with Crippen LogP contribution >= 0.6 is 27.5 Å². The molecule has 4 heteroatoms. The van der Waals surface area contributed by atoms with E-state index in [4.69, 9.17) is 11.6 Å².